The van der Waals surface area contributed by atoms with Crippen molar-refractivity contribution in [2.24, 2.45) is 5.41 Å². The first-order valence-corrected chi connectivity index (χ1v) is 6.27. The molecule has 19 heavy (non-hydrogen) atoms. The average molecular weight is 269 g/mol. The number of amides is 2. The molecule has 0 atom stereocenters. The highest BCUT2D eigenvalue weighted by Crippen LogP contribution is 2.30. The summed E-state index contributed by atoms with van der Waals surface area (Å²) in [5.41, 5.74) is -2.01. The minimum absolute atomic E-state index is 0.254. The van der Waals surface area contributed by atoms with E-state index in [1.165, 1.54) is 4.90 Å². The van der Waals surface area contributed by atoms with Crippen LogP contribution in [0, 0.1) is 16.7 Å². The molecule has 2 amide bonds. The molecule has 0 bridgehead atoms. The van der Waals surface area contributed by atoms with E-state index in [4.69, 9.17) is 5.26 Å². The third-order valence-electron chi connectivity index (χ3n) is 3.68. The standard InChI is InChI=1S/C13H23N3O3/c1-6-16(9-7-8-14)11(19)15-13(4,5)12(2,3)10(17)18/h6-7,9H2,1-5H3,(H,15,19)(H,17,18). The van der Waals surface area contributed by atoms with Crippen LogP contribution in [0.1, 0.15) is 41.0 Å². The zero-order chi connectivity index (χ0) is 15.3. The van der Waals surface area contributed by atoms with Crippen LogP contribution in [0.15, 0.2) is 0 Å². The van der Waals surface area contributed by atoms with Crippen molar-refractivity contribution < 1.29 is 14.7 Å². The van der Waals surface area contributed by atoms with Crippen molar-refractivity contribution in [3.8, 4) is 6.07 Å². The van der Waals surface area contributed by atoms with Crippen LogP contribution in [-0.4, -0.2) is 40.6 Å². The highest BCUT2D eigenvalue weighted by molar-refractivity contribution is 5.79. The minimum atomic E-state index is -1.10. The van der Waals surface area contributed by atoms with Gasteiger partial charge in [-0.05, 0) is 34.6 Å². The topological polar surface area (TPSA) is 93.4 Å². The van der Waals surface area contributed by atoms with Gasteiger partial charge in [0.2, 0.25) is 0 Å². The van der Waals surface area contributed by atoms with Crippen LogP contribution in [0.3, 0.4) is 0 Å². The van der Waals surface area contributed by atoms with Crippen molar-refractivity contribution in [3.05, 3.63) is 0 Å². The Bertz CT molecular complexity index is 383. The highest BCUT2D eigenvalue weighted by Gasteiger charge is 2.44. The first kappa shape index (κ1) is 17.2. The summed E-state index contributed by atoms with van der Waals surface area (Å²) in [6.07, 6.45) is 0.254. The van der Waals surface area contributed by atoms with Gasteiger partial charge in [0.1, 0.15) is 0 Å². The number of nitrogens with one attached hydrogen (secondary N) is 1. The maximum Gasteiger partial charge on any atom is 0.317 e. The molecule has 0 aromatic rings. The Morgan fingerprint density at radius 2 is 1.84 bits per heavy atom. The molecular formula is C13H23N3O3. The molecule has 0 heterocycles. The Morgan fingerprint density at radius 3 is 2.21 bits per heavy atom. The molecule has 0 fully saturated rings. The van der Waals surface area contributed by atoms with Gasteiger partial charge in [0.25, 0.3) is 0 Å². The number of nitrogens with zero attached hydrogens (tertiary/aromatic N) is 2. The van der Waals surface area contributed by atoms with Crippen LogP contribution in [0.25, 0.3) is 0 Å². The van der Waals surface area contributed by atoms with E-state index in [1.807, 2.05) is 13.0 Å². The van der Waals surface area contributed by atoms with E-state index in [1.54, 1.807) is 27.7 Å². The van der Waals surface area contributed by atoms with Crippen molar-refractivity contribution in [2.45, 2.75) is 46.6 Å². The molecule has 0 spiro atoms. The molecule has 0 saturated carbocycles. The van der Waals surface area contributed by atoms with Crippen molar-refractivity contribution >= 4 is 12.0 Å². The zero-order valence-corrected chi connectivity index (χ0v) is 12.3. The molecule has 0 aromatic heterocycles. The summed E-state index contributed by atoms with van der Waals surface area (Å²) in [4.78, 5) is 24.8. The monoisotopic (exact) mass is 269 g/mol. The minimum Gasteiger partial charge on any atom is -0.481 e. The quantitative estimate of drug-likeness (QED) is 0.769. The summed E-state index contributed by atoms with van der Waals surface area (Å²) in [6, 6.07) is 1.63. The van der Waals surface area contributed by atoms with E-state index in [9.17, 15) is 14.7 Å². The van der Waals surface area contributed by atoms with Crippen LogP contribution in [-0.2, 0) is 4.79 Å². The Morgan fingerprint density at radius 1 is 1.32 bits per heavy atom. The fraction of sp³-hybridized carbons (Fsp3) is 0.769. The van der Waals surface area contributed by atoms with Crippen LogP contribution >= 0.6 is 0 Å². The number of carbonyl (C=O) groups is 2. The first-order chi connectivity index (χ1) is 8.60. The van der Waals surface area contributed by atoms with Crippen LogP contribution in [0.2, 0.25) is 0 Å². The van der Waals surface area contributed by atoms with Crippen molar-refractivity contribution in [1.82, 2.24) is 10.2 Å². The number of hydrogen-bond donors (Lipinski definition) is 2. The second-order valence-electron chi connectivity index (χ2n) is 5.47. The second-order valence-corrected chi connectivity index (χ2v) is 5.47. The molecule has 0 aliphatic carbocycles. The molecule has 0 rings (SSSR count). The smallest absolute Gasteiger partial charge is 0.317 e. The molecule has 0 unspecified atom stereocenters. The number of nitriles is 1. The van der Waals surface area contributed by atoms with Gasteiger partial charge in [-0.25, -0.2) is 4.79 Å². The van der Waals surface area contributed by atoms with Gasteiger partial charge in [-0.3, -0.25) is 4.79 Å². The number of urea groups is 1. The average Bonchev–Trinajstić information content (AvgIpc) is 2.28. The molecular weight excluding hydrogens is 246 g/mol. The van der Waals surface area contributed by atoms with E-state index in [-0.39, 0.29) is 12.5 Å². The lowest BCUT2D eigenvalue weighted by Gasteiger charge is -2.40. The molecule has 2 N–H and O–H groups in total. The molecule has 6 nitrogen and oxygen atoms in total. The van der Waals surface area contributed by atoms with Gasteiger partial charge in [0.15, 0.2) is 0 Å². The fourth-order valence-electron chi connectivity index (χ4n) is 1.36. The van der Waals surface area contributed by atoms with Gasteiger partial charge in [-0.1, -0.05) is 0 Å². The Labute approximate surface area is 114 Å². The van der Waals surface area contributed by atoms with E-state index in [0.29, 0.717) is 13.1 Å². The zero-order valence-electron chi connectivity index (χ0n) is 12.3. The predicted molar refractivity (Wildman–Crippen MR) is 71.5 cm³/mol. The number of carboxylic acid groups (broad SMARTS) is 1. The maximum atomic E-state index is 12.1. The Balaban J connectivity index is 4.87. The number of carbonyl (C=O) groups excluding carboxylic acids is 1. The Hall–Kier alpha value is -1.77. The van der Waals surface area contributed by atoms with Crippen molar-refractivity contribution in [1.29, 1.82) is 5.26 Å². The summed E-state index contributed by atoms with van der Waals surface area (Å²) in [6.45, 7) is 9.11. The summed E-state index contributed by atoms with van der Waals surface area (Å²) >= 11 is 0. The lowest BCUT2D eigenvalue weighted by atomic mass is 9.74. The predicted octanol–water partition coefficient (Wildman–Crippen LogP) is 1.82. The van der Waals surface area contributed by atoms with Gasteiger partial charge in [-0.15, -0.1) is 0 Å². The van der Waals surface area contributed by atoms with Crippen LogP contribution in [0.5, 0.6) is 0 Å². The number of rotatable bonds is 6. The SMILES string of the molecule is CCN(CCC#N)C(=O)NC(C)(C)C(C)(C)C(=O)O. The molecule has 0 aliphatic rings. The molecule has 0 aliphatic heterocycles. The summed E-state index contributed by atoms with van der Waals surface area (Å²) in [5, 5.41) is 20.5. The number of hydrogen-bond acceptors (Lipinski definition) is 3. The van der Waals surface area contributed by atoms with Crippen molar-refractivity contribution in [2.75, 3.05) is 13.1 Å². The lowest BCUT2D eigenvalue weighted by Crippen LogP contribution is -2.59. The summed E-state index contributed by atoms with van der Waals surface area (Å²) in [7, 11) is 0. The third-order valence-corrected chi connectivity index (χ3v) is 3.68. The Kier molecular flexibility index (Phi) is 5.81. The van der Waals surface area contributed by atoms with Gasteiger partial charge >= 0.3 is 12.0 Å². The number of aliphatic carboxylic acids is 1. The number of carboxylic acids is 1. The van der Waals surface area contributed by atoms with E-state index in [0.717, 1.165) is 0 Å². The lowest BCUT2D eigenvalue weighted by molar-refractivity contribution is -0.150. The first-order valence-electron chi connectivity index (χ1n) is 6.27. The normalized spacial score (nSPS) is 11.6. The van der Waals surface area contributed by atoms with E-state index < -0.39 is 16.9 Å². The van der Waals surface area contributed by atoms with E-state index >= 15 is 0 Å². The second kappa shape index (κ2) is 6.41. The van der Waals surface area contributed by atoms with Gasteiger partial charge in [0.05, 0.1) is 23.4 Å². The highest BCUT2D eigenvalue weighted by atomic mass is 16.4. The molecule has 0 saturated heterocycles. The fourth-order valence-corrected chi connectivity index (χ4v) is 1.36. The van der Waals surface area contributed by atoms with Gasteiger partial charge < -0.3 is 15.3 Å². The molecule has 0 radical (unpaired) electrons. The van der Waals surface area contributed by atoms with Gasteiger partial charge in [-0.2, -0.15) is 5.26 Å². The van der Waals surface area contributed by atoms with Crippen LogP contribution < -0.4 is 5.32 Å². The van der Waals surface area contributed by atoms with Crippen molar-refractivity contribution in [3.63, 3.8) is 0 Å². The van der Waals surface area contributed by atoms with E-state index in [2.05, 4.69) is 5.32 Å². The van der Waals surface area contributed by atoms with Gasteiger partial charge in [0, 0.05) is 13.1 Å². The molecule has 0 aromatic carbocycles. The summed E-state index contributed by atoms with van der Waals surface area (Å²) in [5.74, 6) is -0.974. The van der Waals surface area contributed by atoms with Crippen LogP contribution in [0.4, 0.5) is 4.79 Å². The molecule has 6 heteroatoms. The largest absolute Gasteiger partial charge is 0.481 e. The molecule has 108 valence electrons. The summed E-state index contributed by atoms with van der Waals surface area (Å²) < 4.78 is 0. The third kappa shape index (κ3) is 4.12. The maximum absolute atomic E-state index is 12.1.